The number of nitrogens with zero attached hydrogens (tertiary/aromatic N) is 2. The van der Waals surface area contributed by atoms with Crippen molar-refractivity contribution in [1.29, 1.82) is 0 Å². The SMILES string of the molecule is Cc1cc(NC(=O)c2cc(C(=O)Nc3ccc(Cl)c(Cl)c3)ccn2)no1. The molecule has 2 heterocycles. The van der Waals surface area contributed by atoms with Crippen LogP contribution >= 0.6 is 23.2 Å². The number of nitrogens with one attached hydrogen (secondary N) is 2. The Labute approximate surface area is 158 Å². The molecule has 9 heteroatoms. The van der Waals surface area contributed by atoms with Crippen LogP contribution in [0.1, 0.15) is 26.6 Å². The van der Waals surface area contributed by atoms with E-state index in [0.29, 0.717) is 21.5 Å². The first-order valence-corrected chi connectivity index (χ1v) is 8.15. The van der Waals surface area contributed by atoms with Gasteiger partial charge < -0.3 is 15.2 Å². The zero-order valence-electron chi connectivity index (χ0n) is 13.4. The molecule has 0 spiro atoms. The van der Waals surface area contributed by atoms with Crippen LogP contribution in [0.3, 0.4) is 0 Å². The Kier molecular flexibility index (Phi) is 5.20. The average molecular weight is 391 g/mol. The Morgan fingerprint density at radius 3 is 2.50 bits per heavy atom. The van der Waals surface area contributed by atoms with E-state index in [9.17, 15) is 9.59 Å². The number of anilines is 2. The molecule has 0 unspecified atom stereocenters. The molecule has 3 rings (SSSR count). The number of hydrogen-bond donors (Lipinski definition) is 2. The van der Waals surface area contributed by atoms with Crippen LogP contribution in [0.2, 0.25) is 10.0 Å². The lowest BCUT2D eigenvalue weighted by Crippen LogP contribution is -2.17. The van der Waals surface area contributed by atoms with E-state index in [1.165, 1.54) is 24.4 Å². The van der Waals surface area contributed by atoms with Crippen molar-refractivity contribution < 1.29 is 14.1 Å². The zero-order chi connectivity index (χ0) is 18.7. The van der Waals surface area contributed by atoms with E-state index in [4.69, 9.17) is 27.7 Å². The van der Waals surface area contributed by atoms with E-state index < -0.39 is 11.8 Å². The number of benzene rings is 1. The number of pyridine rings is 1. The van der Waals surface area contributed by atoms with Crippen molar-refractivity contribution in [3.8, 4) is 0 Å². The van der Waals surface area contributed by atoms with Gasteiger partial charge in [-0.25, -0.2) is 0 Å². The molecular weight excluding hydrogens is 379 g/mol. The molecule has 0 fully saturated rings. The van der Waals surface area contributed by atoms with Crippen LogP contribution in [0.25, 0.3) is 0 Å². The Morgan fingerprint density at radius 1 is 1.00 bits per heavy atom. The Balaban J connectivity index is 1.74. The van der Waals surface area contributed by atoms with E-state index >= 15 is 0 Å². The quantitative estimate of drug-likeness (QED) is 0.695. The lowest BCUT2D eigenvalue weighted by molar-refractivity contribution is 0.102. The Morgan fingerprint density at radius 2 is 1.81 bits per heavy atom. The summed E-state index contributed by atoms with van der Waals surface area (Å²) in [5.41, 5.74) is 0.797. The smallest absolute Gasteiger partial charge is 0.275 e. The molecule has 3 aromatic rings. The third-order valence-corrected chi connectivity index (χ3v) is 4.04. The summed E-state index contributed by atoms with van der Waals surface area (Å²) in [6.07, 6.45) is 1.37. The van der Waals surface area contributed by atoms with Gasteiger partial charge in [0.1, 0.15) is 11.5 Å². The highest BCUT2D eigenvalue weighted by atomic mass is 35.5. The second-order valence-corrected chi connectivity index (χ2v) is 6.10. The van der Waals surface area contributed by atoms with Gasteiger partial charge in [0.15, 0.2) is 5.82 Å². The highest BCUT2D eigenvalue weighted by Crippen LogP contribution is 2.25. The molecule has 0 radical (unpaired) electrons. The first kappa shape index (κ1) is 17.9. The number of carbonyl (C=O) groups excluding carboxylic acids is 2. The third kappa shape index (κ3) is 4.19. The summed E-state index contributed by atoms with van der Waals surface area (Å²) in [5, 5.41) is 9.59. The van der Waals surface area contributed by atoms with Gasteiger partial charge in [0.05, 0.1) is 10.0 Å². The van der Waals surface area contributed by atoms with Gasteiger partial charge in [-0.2, -0.15) is 0 Å². The first-order chi connectivity index (χ1) is 12.4. The number of aryl methyl sites for hydroxylation is 1. The summed E-state index contributed by atoms with van der Waals surface area (Å²) in [5.74, 6) is -0.109. The van der Waals surface area contributed by atoms with Gasteiger partial charge in [-0.3, -0.25) is 14.6 Å². The highest BCUT2D eigenvalue weighted by molar-refractivity contribution is 6.42. The highest BCUT2D eigenvalue weighted by Gasteiger charge is 2.14. The molecule has 0 aliphatic heterocycles. The molecule has 2 aromatic heterocycles. The molecule has 0 saturated carbocycles. The Hall–Kier alpha value is -2.90. The predicted molar refractivity (Wildman–Crippen MR) is 97.8 cm³/mol. The van der Waals surface area contributed by atoms with E-state index in [1.807, 2.05) is 0 Å². The fraction of sp³-hybridized carbons (Fsp3) is 0.0588. The molecule has 2 N–H and O–H groups in total. The third-order valence-electron chi connectivity index (χ3n) is 3.30. The maximum Gasteiger partial charge on any atom is 0.275 e. The van der Waals surface area contributed by atoms with Crippen LogP contribution in [0.15, 0.2) is 47.1 Å². The second-order valence-electron chi connectivity index (χ2n) is 5.29. The summed E-state index contributed by atoms with van der Waals surface area (Å²) in [4.78, 5) is 28.6. The summed E-state index contributed by atoms with van der Waals surface area (Å²) < 4.78 is 4.88. The minimum absolute atomic E-state index is 0.0624. The molecule has 26 heavy (non-hydrogen) atoms. The van der Waals surface area contributed by atoms with Gasteiger partial charge in [0.25, 0.3) is 11.8 Å². The summed E-state index contributed by atoms with van der Waals surface area (Å²) in [6.45, 7) is 1.70. The number of hydrogen-bond acceptors (Lipinski definition) is 5. The maximum atomic E-state index is 12.4. The minimum Gasteiger partial charge on any atom is -0.360 e. The lowest BCUT2D eigenvalue weighted by atomic mass is 10.2. The molecular formula is C17H12Cl2N4O3. The van der Waals surface area contributed by atoms with Crippen molar-refractivity contribution in [1.82, 2.24) is 10.1 Å². The van der Waals surface area contributed by atoms with Crippen LogP contribution < -0.4 is 10.6 Å². The predicted octanol–water partition coefficient (Wildman–Crippen LogP) is 4.19. The maximum absolute atomic E-state index is 12.4. The first-order valence-electron chi connectivity index (χ1n) is 7.39. The number of aromatic nitrogens is 2. The average Bonchev–Trinajstić information content (AvgIpc) is 3.03. The van der Waals surface area contributed by atoms with E-state index in [1.54, 1.807) is 25.1 Å². The molecule has 2 amide bonds. The van der Waals surface area contributed by atoms with Crippen molar-refractivity contribution in [2.75, 3.05) is 10.6 Å². The van der Waals surface area contributed by atoms with Crippen LogP contribution in [0.5, 0.6) is 0 Å². The molecule has 0 bridgehead atoms. The van der Waals surface area contributed by atoms with Crippen molar-refractivity contribution in [3.05, 3.63) is 69.7 Å². The van der Waals surface area contributed by atoms with Crippen LogP contribution in [0, 0.1) is 6.92 Å². The van der Waals surface area contributed by atoms with Gasteiger partial charge in [0, 0.05) is 23.5 Å². The van der Waals surface area contributed by atoms with E-state index in [0.717, 1.165) is 0 Å². The molecule has 0 atom stereocenters. The minimum atomic E-state index is -0.512. The molecule has 0 aliphatic rings. The lowest BCUT2D eigenvalue weighted by Gasteiger charge is -2.07. The number of halogens is 2. The molecule has 132 valence electrons. The van der Waals surface area contributed by atoms with Crippen molar-refractivity contribution >= 4 is 46.5 Å². The standard InChI is InChI=1S/C17H12Cl2N4O3/c1-9-6-15(23-26-9)22-17(25)14-7-10(4-5-20-14)16(24)21-11-2-3-12(18)13(19)8-11/h2-8H,1H3,(H,21,24)(H,22,23,25). The molecule has 0 saturated heterocycles. The van der Waals surface area contributed by atoms with Gasteiger partial charge in [-0.05, 0) is 37.3 Å². The summed E-state index contributed by atoms with van der Waals surface area (Å²) in [6, 6.07) is 9.15. The molecule has 0 aliphatic carbocycles. The van der Waals surface area contributed by atoms with Crippen LogP contribution in [0.4, 0.5) is 11.5 Å². The van der Waals surface area contributed by atoms with E-state index in [-0.39, 0.29) is 17.1 Å². The summed E-state index contributed by atoms with van der Waals surface area (Å²) in [7, 11) is 0. The Bertz CT molecular complexity index is 988. The van der Waals surface area contributed by atoms with Gasteiger partial charge >= 0.3 is 0 Å². The van der Waals surface area contributed by atoms with Crippen LogP contribution in [-0.2, 0) is 0 Å². The molecule has 7 nitrogen and oxygen atoms in total. The second kappa shape index (κ2) is 7.55. The number of rotatable bonds is 4. The fourth-order valence-electron chi connectivity index (χ4n) is 2.08. The van der Waals surface area contributed by atoms with Gasteiger partial charge in [0.2, 0.25) is 0 Å². The van der Waals surface area contributed by atoms with Crippen LogP contribution in [-0.4, -0.2) is 22.0 Å². The normalized spacial score (nSPS) is 10.4. The monoisotopic (exact) mass is 390 g/mol. The van der Waals surface area contributed by atoms with E-state index in [2.05, 4.69) is 20.8 Å². The van der Waals surface area contributed by atoms with Gasteiger partial charge in [-0.1, -0.05) is 28.4 Å². The van der Waals surface area contributed by atoms with Crippen molar-refractivity contribution in [2.24, 2.45) is 0 Å². The van der Waals surface area contributed by atoms with Crippen molar-refractivity contribution in [3.63, 3.8) is 0 Å². The fourth-order valence-corrected chi connectivity index (χ4v) is 2.38. The topological polar surface area (TPSA) is 97.1 Å². The summed E-state index contributed by atoms with van der Waals surface area (Å²) >= 11 is 11.8. The van der Waals surface area contributed by atoms with Gasteiger partial charge in [-0.15, -0.1) is 0 Å². The zero-order valence-corrected chi connectivity index (χ0v) is 14.9. The number of amides is 2. The van der Waals surface area contributed by atoms with Crippen molar-refractivity contribution in [2.45, 2.75) is 6.92 Å². The molecule has 1 aromatic carbocycles. The number of carbonyl (C=O) groups is 2. The largest absolute Gasteiger partial charge is 0.360 e.